The predicted octanol–water partition coefficient (Wildman–Crippen LogP) is 1.39. The second-order valence-electron chi connectivity index (χ2n) is 4.89. The highest BCUT2D eigenvalue weighted by molar-refractivity contribution is 7.15. The van der Waals surface area contributed by atoms with Crippen molar-refractivity contribution < 1.29 is 9.53 Å². The lowest BCUT2D eigenvalue weighted by atomic mass is 10.2. The first-order valence-corrected chi connectivity index (χ1v) is 7.73. The van der Waals surface area contributed by atoms with Gasteiger partial charge in [-0.25, -0.2) is 4.79 Å². The first-order valence-electron chi connectivity index (χ1n) is 6.91. The minimum atomic E-state index is -0.298. The van der Waals surface area contributed by atoms with Crippen molar-refractivity contribution in [2.24, 2.45) is 0 Å². The third-order valence-corrected chi connectivity index (χ3v) is 4.06. The lowest BCUT2D eigenvalue weighted by molar-refractivity contribution is 0.102. The molecule has 3 aromatic rings. The molecule has 0 atom stereocenters. The number of amides is 1. The zero-order valence-electron chi connectivity index (χ0n) is 12.6. The van der Waals surface area contributed by atoms with E-state index in [1.807, 2.05) is 6.92 Å². The topological polar surface area (TPSA) is 102 Å². The predicted molar refractivity (Wildman–Crippen MR) is 87.0 cm³/mol. The Balaban J connectivity index is 1.88. The smallest absolute Gasteiger partial charge is 0.326 e. The Morgan fingerprint density at radius 2 is 2.26 bits per heavy atom. The number of ether oxygens (including phenoxy) is 1. The van der Waals surface area contributed by atoms with Crippen LogP contribution in [0.25, 0.3) is 11.0 Å². The fourth-order valence-corrected chi connectivity index (χ4v) is 2.81. The lowest BCUT2D eigenvalue weighted by Gasteiger charge is -2.04. The number of benzene rings is 1. The average molecular weight is 333 g/mol. The Morgan fingerprint density at radius 3 is 2.96 bits per heavy atom. The lowest BCUT2D eigenvalue weighted by Crippen LogP contribution is -2.19. The van der Waals surface area contributed by atoms with Gasteiger partial charge in [0.25, 0.3) is 5.91 Å². The number of methoxy groups -OCH3 is 1. The summed E-state index contributed by atoms with van der Waals surface area (Å²) < 4.78 is 6.58. The molecule has 0 radical (unpaired) electrons. The largest absolute Gasteiger partial charge is 0.383 e. The van der Waals surface area contributed by atoms with Crippen molar-refractivity contribution in [3.05, 3.63) is 39.3 Å². The van der Waals surface area contributed by atoms with Gasteiger partial charge in [-0.3, -0.25) is 14.7 Å². The molecule has 120 valence electrons. The summed E-state index contributed by atoms with van der Waals surface area (Å²) in [5.41, 5.74) is 1.54. The molecule has 8 nitrogen and oxygen atoms in total. The van der Waals surface area contributed by atoms with Crippen molar-refractivity contribution in [3.63, 3.8) is 0 Å². The summed E-state index contributed by atoms with van der Waals surface area (Å²) in [6, 6.07) is 5.05. The maximum atomic E-state index is 12.2. The number of carbonyl (C=O) groups excluding carboxylic acids is 1. The van der Waals surface area contributed by atoms with Gasteiger partial charge in [-0.1, -0.05) is 11.3 Å². The van der Waals surface area contributed by atoms with Crippen molar-refractivity contribution in [1.82, 2.24) is 19.7 Å². The SMILES string of the molecule is COCCn1c(=O)[nH]c2cc(C(=O)Nc3nnc(C)s3)ccc21. The highest BCUT2D eigenvalue weighted by Gasteiger charge is 2.12. The minimum Gasteiger partial charge on any atom is -0.383 e. The van der Waals surface area contributed by atoms with Gasteiger partial charge in [0.05, 0.1) is 24.2 Å². The molecule has 0 spiro atoms. The number of aryl methyl sites for hydroxylation is 1. The molecular formula is C14H15N5O3S. The summed E-state index contributed by atoms with van der Waals surface area (Å²) >= 11 is 1.30. The fraction of sp³-hybridized carbons (Fsp3) is 0.286. The van der Waals surface area contributed by atoms with Gasteiger partial charge in [0.2, 0.25) is 5.13 Å². The first-order chi connectivity index (χ1) is 11.1. The molecule has 2 aromatic heterocycles. The summed E-state index contributed by atoms with van der Waals surface area (Å²) in [6.07, 6.45) is 0. The van der Waals surface area contributed by atoms with E-state index in [1.54, 1.807) is 29.9 Å². The monoisotopic (exact) mass is 333 g/mol. The maximum Gasteiger partial charge on any atom is 0.326 e. The number of hydrogen-bond donors (Lipinski definition) is 2. The van der Waals surface area contributed by atoms with Gasteiger partial charge in [0.1, 0.15) is 5.01 Å². The molecule has 1 amide bonds. The van der Waals surface area contributed by atoms with Gasteiger partial charge in [-0.2, -0.15) is 0 Å². The van der Waals surface area contributed by atoms with Crippen LogP contribution in [0, 0.1) is 6.92 Å². The number of anilines is 1. The Bertz CT molecular complexity index is 911. The third-order valence-electron chi connectivity index (χ3n) is 3.30. The number of aromatic nitrogens is 4. The van der Waals surface area contributed by atoms with Crippen molar-refractivity contribution in [2.45, 2.75) is 13.5 Å². The highest BCUT2D eigenvalue weighted by Crippen LogP contribution is 2.17. The van der Waals surface area contributed by atoms with E-state index in [4.69, 9.17) is 4.74 Å². The average Bonchev–Trinajstić information content (AvgIpc) is 3.07. The number of fused-ring (bicyclic) bond motifs is 1. The van der Waals surface area contributed by atoms with Crippen LogP contribution in [-0.4, -0.2) is 39.4 Å². The highest BCUT2D eigenvalue weighted by atomic mass is 32.1. The Labute approximate surface area is 135 Å². The van der Waals surface area contributed by atoms with Gasteiger partial charge in [0.15, 0.2) is 0 Å². The molecule has 3 rings (SSSR count). The zero-order chi connectivity index (χ0) is 16.4. The van der Waals surface area contributed by atoms with E-state index in [0.717, 1.165) is 10.5 Å². The van der Waals surface area contributed by atoms with Crippen LogP contribution in [0.1, 0.15) is 15.4 Å². The van der Waals surface area contributed by atoms with Crippen molar-refractivity contribution >= 4 is 33.4 Å². The van der Waals surface area contributed by atoms with Crippen LogP contribution in [-0.2, 0) is 11.3 Å². The second kappa shape index (κ2) is 6.31. The number of nitrogens with zero attached hydrogens (tertiary/aromatic N) is 3. The standard InChI is InChI=1S/C14H15N5O3S/c1-8-17-18-13(23-8)16-12(20)9-3-4-11-10(7-9)15-14(21)19(11)5-6-22-2/h3-4,7H,5-6H2,1-2H3,(H,15,21)(H,16,18,20). The van der Waals surface area contributed by atoms with Crippen LogP contribution in [0.2, 0.25) is 0 Å². The van der Waals surface area contributed by atoms with Crippen LogP contribution < -0.4 is 11.0 Å². The number of aromatic amines is 1. The summed E-state index contributed by atoms with van der Waals surface area (Å²) in [6.45, 7) is 2.70. The van der Waals surface area contributed by atoms with Crippen LogP contribution in [0.3, 0.4) is 0 Å². The Hall–Kier alpha value is -2.52. The van der Waals surface area contributed by atoms with Crippen molar-refractivity contribution in [3.8, 4) is 0 Å². The second-order valence-corrected chi connectivity index (χ2v) is 6.07. The third kappa shape index (κ3) is 3.15. The number of H-pyrrole nitrogens is 1. The normalized spacial score (nSPS) is 11.0. The van der Waals surface area contributed by atoms with Crippen LogP contribution in [0.5, 0.6) is 0 Å². The van der Waals surface area contributed by atoms with Crippen molar-refractivity contribution in [2.75, 3.05) is 19.0 Å². The number of nitrogens with one attached hydrogen (secondary N) is 2. The summed E-state index contributed by atoms with van der Waals surface area (Å²) in [7, 11) is 1.58. The van der Waals surface area contributed by atoms with Gasteiger partial charge in [-0.15, -0.1) is 10.2 Å². The Morgan fingerprint density at radius 1 is 1.43 bits per heavy atom. The van der Waals surface area contributed by atoms with E-state index >= 15 is 0 Å². The van der Waals surface area contributed by atoms with Gasteiger partial charge < -0.3 is 9.72 Å². The first kappa shape index (κ1) is 15.4. The van der Waals surface area contributed by atoms with E-state index < -0.39 is 0 Å². The number of rotatable bonds is 5. The molecule has 0 saturated heterocycles. The summed E-state index contributed by atoms with van der Waals surface area (Å²) in [5, 5.41) is 11.6. The Kier molecular flexibility index (Phi) is 4.22. The zero-order valence-corrected chi connectivity index (χ0v) is 13.4. The molecular weight excluding hydrogens is 318 g/mol. The van der Waals surface area contributed by atoms with Crippen LogP contribution in [0.4, 0.5) is 5.13 Å². The van der Waals surface area contributed by atoms with E-state index in [0.29, 0.717) is 29.4 Å². The molecule has 9 heteroatoms. The van der Waals surface area contributed by atoms with E-state index in [-0.39, 0.29) is 11.6 Å². The van der Waals surface area contributed by atoms with Gasteiger partial charge in [-0.05, 0) is 25.1 Å². The molecule has 2 N–H and O–H groups in total. The number of carbonyl (C=O) groups is 1. The van der Waals surface area contributed by atoms with Gasteiger partial charge in [0, 0.05) is 12.7 Å². The molecule has 0 unspecified atom stereocenters. The van der Waals surface area contributed by atoms with E-state index in [9.17, 15) is 9.59 Å². The van der Waals surface area contributed by atoms with Gasteiger partial charge >= 0.3 is 5.69 Å². The molecule has 0 aliphatic heterocycles. The van der Waals surface area contributed by atoms with E-state index in [1.165, 1.54) is 11.3 Å². The summed E-state index contributed by atoms with van der Waals surface area (Å²) in [4.78, 5) is 26.9. The molecule has 2 heterocycles. The van der Waals surface area contributed by atoms with Crippen LogP contribution in [0.15, 0.2) is 23.0 Å². The van der Waals surface area contributed by atoms with E-state index in [2.05, 4.69) is 20.5 Å². The summed E-state index contributed by atoms with van der Waals surface area (Å²) in [5.74, 6) is -0.298. The molecule has 0 saturated carbocycles. The number of imidazole rings is 1. The molecule has 1 aromatic carbocycles. The van der Waals surface area contributed by atoms with Crippen molar-refractivity contribution in [1.29, 1.82) is 0 Å². The molecule has 0 aliphatic carbocycles. The maximum absolute atomic E-state index is 12.2. The fourth-order valence-electron chi connectivity index (χ4n) is 2.23. The van der Waals surface area contributed by atoms with Crippen LogP contribution >= 0.6 is 11.3 Å². The quantitative estimate of drug-likeness (QED) is 0.734. The number of hydrogen-bond acceptors (Lipinski definition) is 6. The molecule has 0 fully saturated rings. The minimum absolute atomic E-state index is 0.227. The molecule has 0 aliphatic rings. The molecule has 0 bridgehead atoms. The molecule has 23 heavy (non-hydrogen) atoms.